The molecule has 1 saturated heterocycles. The van der Waals surface area contributed by atoms with Crippen LogP contribution in [0.5, 0.6) is 0 Å². The molecular weight excluding hydrogens is 262 g/mol. The molecule has 1 aliphatic rings. The Morgan fingerprint density at radius 2 is 2.32 bits per heavy atom. The predicted molar refractivity (Wildman–Crippen MR) is 76.5 cm³/mol. The summed E-state index contributed by atoms with van der Waals surface area (Å²) in [7, 11) is 1.81. The van der Waals surface area contributed by atoms with Crippen molar-refractivity contribution in [3.63, 3.8) is 0 Å². The maximum atomic E-state index is 12.1. The number of thioether (sulfide) groups is 1. The molecule has 1 amide bonds. The summed E-state index contributed by atoms with van der Waals surface area (Å²) in [5.41, 5.74) is 0.446. The number of piperidine rings is 1. The summed E-state index contributed by atoms with van der Waals surface area (Å²) in [5.74, 6) is 0.888. The van der Waals surface area contributed by atoms with Gasteiger partial charge in [-0.05, 0) is 32.2 Å². The van der Waals surface area contributed by atoms with Gasteiger partial charge in [-0.25, -0.2) is 4.68 Å². The first kappa shape index (κ1) is 14.3. The summed E-state index contributed by atoms with van der Waals surface area (Å²) >= 11 is 1.73. The molecule has 7 heteroatoms. The average molecular weight is 283 g/mol. The van der Waals surface area contributed by atoms with Crippen LogP contribution >= 0.6 is 11.8 Å². The van der Waals surface area contributed by atoms with E-state index >= 15 is 0 Å². The molecule has 106 valence electrons. The molecule has 2 rings (SSSR count). The van der Waals surface area contributed by atoms with Crippen molar-refractivity contribution in [3.05, 3.63) is 11.9 Å². The molecule has 1 aromatic heterocycles. The van der Waals surface area contributed by atoms with Crippen molar-refractivity contribution in [2.45, 2.75) is 18.9 Å². The maximum Gasteiger partial charge on any atom is 0.275 e. The van der Waals surface area contributed by atoms with Gasteiger partial charge in [-0.3, -0.25) is 4.79 Å². The van der Waals surface area contributed by atoms with Crippen molar-refractivity contribution >= 4 is 17.7 Å². The van der Waals surface area contributed by atoms with Crippen LogP contribution in [0.2, 0.25) is 0 Å². The first-order valence-electron chi connectivity index (χ1n) is 6.59. The second kappa shape index (κ2) is 6.91. The van der Waals surface area contributed by atoms with Crippen LogP contribution in [0.1, 0.15) is 29.4 Å². The third-order valence-corrected chi connectivity index (χ3v) is 3.98. The van der Waals surface area contributed by atoms with Crippen molar-refractivity contribution in [1.82, 2.24) is 25.2 Å². The van der Waals surface area contributed by atoms with Crippen LogP contribution in [0, 0.1) is 0 Å². The van der Waals surface area contributed by atoms with Gasteiger partial charge in [-0.15, -0.1) is 5.10 Å². The highest BCUT2D eigenvalue weighted by molar-refractivity contribution is 7.98. The Balaban J connectivity index is 1.97. The minimum atomic E-state index is -0.0470. The Bertz CT molecular complexity index is 416. The zero-order chi connectivity index (χ0) is 13.7. The smallest absolute Gasteiger partial charge is 0.275 e. The molecule has 1 fully saturated rings. The summed E-state index contributed by atoms with van der Waals surface area (Å²) in [6.07, 6.45) is 5.90. The zero-order valence-electron chi connectivity index (χ0n) is 11.5. The monoisotopic (exact) mass is 283 g/mol. The maximum absolute atomic E-state index is 12.1. The molecule has 0 spiro atoms. The summed E-state index contributed by atoms with van der Waals surface area (Å²) in [5, 5.41) is 11.4. The van der Waals surface area contributed by atoms with Gasteiger partial charge in [0.2, 0.25) is 0 Å². The molecule has 6 nitrogen and oxygen atoms in total. The van der Waals surface area contributed by atoms with E-state index in [-0.39, 0.29) is 5.91 Å². The number of rotatable bonds is 5. The van der Waals surface area contributed by atoms with Gasteiger partial charge >= 0.3 is 0 Å². The van der Waals surface area contributed by atoms with Gasteiger partial charge in [0.25, 0.3) is 5.91 Å². The Labute approximate surface area is 117 Å². The number of amides is 1. The highest BCUT2D eigenvalue weighted by Crippen LogP contribution is 2.17. The molecule has 0 unspecified atom stereocenters. The third kappa shape index (κ3) is 3.70. The van der Waals surface area contributed by atoms with Crippen LogP contribution in [-0.4, -0.2) is 64.5 Å². The van der Waals surface area contributed by atoms with Crippen molar-refractivity contribution in [1.29, 1.82) is 0 Å². The van der Waals surface area contributed by atoms with Crippen LogP contribution in [0.25, 0.3) is 0 Å². The molecule has 0 aliphatic carbocycles. The van der Waals surface area contributed by atoms with Crippen LogP contribution in [0.3, 0.4) is 0 Å². The minimum Gasteiger partial charge on any atom is -0.339 e. The van der Waals surface area contributed by atoms with E-state index in [2.05, 4.69) is 15.6 Å². The molecule has 0 radical (unpaired) electrons. The standard InChI is InChI=1S/C12H21N5OS/c1-16(7-8-19-2)12(18)11-9-17(15-14-11)10-3-5-13-6-4-10/h9-10,13H,3-8H2,1-2H3. The molecule has 1 N–H and O–H groups in total. The first-order chi connectivity index (χ1) is 9.22. The highest BCUT2D eigenvalue weighted by Gasteiger charge is 2.20. The Morgan fingerprint density at radius 3 is 3.00 bits per heavy atom. The number of carbonyl (C=O) groups is 1. The van der Waals surface area contributed by atoms with E-state index in [0.29, 0.717) is 11.7 Å². The van der Waals surface area contributed by atoms with Crippen LogP contribution in [0.15, 0.2) is 6.20 Å². The van der Waals surface area contributed by atoms with Gasteiger partial charge in [0.05, 0.1) is 12.2 Å². The fraction of sp³-hybridized carbons (Fsp3) is 0.750. The number of nitrogens with zero attached hydrogens (tertiary/aromatic N) is 4. The number of aromatic nitrogens is 3. The Morgan fingerprint density at radius 1 is 1.58 bits per heavy atom. The summed E-state index contributed by atoms with van der Waals surface area (Å²) in [4.78, 5) is 13.8. The van der Waals surface area contributed by atoms with E-state index < -0.39 is 0 Å². The lowest BCUT2D eigenvalue weighted by Crippen LogP contribution is -2.30. The topological polar surface area (TPSA) is 63.1 Å². The van der Waals surface area contributed by atoms with E-state index in [1.807, 2.05) is 18.0 Å². The number of carbonyl (C=O) groups excluding carboxylic acids is 1. The average Bonchev–Trinajstić information content (AvgIpc) is 2.94. The fourth-order valence-corrected chi connectivity index (χ4v) is 2.61. The summed E-state index contributed by atoms with van der Waals surface area (Å²) in [6.45, 7) is 2.74. The lowest BCUT2D eigenvalue weighted by molar-refractivity contribution is 0.0798. The first-order valence-corrected chi connectivity index (χ1v) is 7.98. The van der Waals surface area contributed by atoms with Gasteiger partial charge in [0.15, 0.2) is 5.69 Å². The van der Waals surface area contributed by atoms with E-state index in [4.69, 9.17) is 0 Å². The van der Waals surface area contributed by atoms with Crippen molar-refractivity contribution in [3.8, 4) is 0 Å². The zero-order valence-corrected chi connectivity index (χ0v) is 12.3. The van der Waals surface area contributed by atoms with Gasteiger partial charge in [0, 0.05) is 19.3 Å². The molecule has 1 aromatic rings. The van der Waals surface area contributed by atoms with Crippen molar-refractivity contribution in [2.75, 3.05) is 38.7 Å². The number of hydrogen-bond donors (Lipinski definition) is 1. The van der Waals surface area contributed by atoms with Gasteiger partial charge in [-0.1, -0.05) is 5.21 Å². The fourth-order valence-electron chi connectivity index (χ4n) is 2.15. The lowest BCUT2D eigenvalue weighted by atomic mass is 10.1. The van der Waals surface area contributed by atoms with E-state index in [1.165, 1.54) is 0 Å². The SMILES string of the molecule is CSCCN(C)C(=O)c1cn(C2CCNCC2)nn1. The van der Waals surface area contributed by atoms with Crippen molar-refractivity contribution in [2.24, 2.45) is 0 Å². The lowest BCUT2D eigenvalue weighted by Gasteiger charge is -2.22. The van der Waals surface area contributed by atoms with Gasteiger partial charge in [-0.2, -0.15) is 11.8 Å². The second-order valence-corrected chi connectivity index (χ2v) is 5.77. The quantitative estimate of drug-likeness (QED) is 0.859. The van der Waals surface area contributed by atoms with Gasteiger partial charge in [0.1, 0.15) is 0 Å². The molecule has 2 heterocycles. The molecule has 19 heavy (non-hydrogen) atoms. The van der Waals surface area contributed by atoms with E-state index in [0.717, 1.165) is 38.2 Å². The molecule has 0 saturated carbocycles. The summed E-state index contributed by atoms with van der Waals surface area (Å²) < 4.78 is 1.84. The molecule has 0 bridgehead atoms. The molecular formula is C12H21N5OS. The Kier molecular flexibility index (Phi) is 5.21. The van der Waals surface area contributed by atoms with Crippen LogP contribution in [0.4, 0.5) is 0 Å². The molecule has 1 aliphatic heterocycles. The normalized spacial score (nSPS) is 16.5. The van der Waals surface area contributed by atoms with E-state index in [1.54, 1.807) is 22.9 Å². The highest BCUT2D eigenvalue weighted by atomic mass is 32.2. The van der Waals surface area contributed by atoms with Crippen molar-refractivity contribution < 1.29 is 4.79 Å². The van der Waals surface area contributed by atoms with E-state index in [9.17, 15) is 4.79 Å². The summed E-state index contributed by atoms with van der Waals surface area (Å²) in [6, 6.07) is 0.367. The largest absolute Gasteiger partial charge is 0.339 e. The third-order valence-electron chi connectivity index (χ3n) is 3.39. The molecule has 0 atom stereocenters. The van der Waals surface area contributed by atoms with Crippen LogP contribution in [-0.2, 0) is 0 Å². The second-order valence-electron chi connectivity index (χ2n) is 4.78. The number of nitrogens with one attached hydrogen (secondary N) is 1. The number of hydrogen-bond acceptors (Lipinski definition) is 5. The van der Waals surface area contributed by atoms with Crippen LogP contribution < -0.4 is 5.32 Å². The molecule has 0 aromatic carbocycles. The predicted octanol–water partition coefficient (Wildman–Crippen LogP) is 0.638. The minimum absolute atomic E-state index is 0.0470. The Hall–Kier alpha value is -1.08. The van der Waals surface area contributed by atoms with Gasteiger partial charge < -0.3 is 10.2 Å².